The van der Waals surface area contributed by atoms with Gasteiger partial charge in [0.05, 0.1) is 0 Å². The first kappa shape index (κ1) is 13.8. The summed E-state index contributed by atoms with van der Waals surface area (Å²) < 4.78 is 13.0. The van der Waals surface area contributed by atoms with Crippen LogP contribution in [0.3, 0.4) is 0 Å². The number of aryl methyl sites for hydroxylation is 1. The second-order valence-corrected chi connectivity index (χ2v) is 6.30. The number of anilines is 1. The Hall–Kier alpha value is -2.13. The molecule has 1 nitrogen and oxygen atoms in total. The number of nitrogen functional groups attached to an aromatic ring is 1. The van der Waals surface area contributed by atoms with Crippen molar-refractivity contribution in [1.29, 1.82) is 0 Å². The standard InChI is InChI=1S/C18H16FNS/c1-12-2-7-16(20)10-14(12)11-17-8-9-18(21-17)13-3-5-15(19)6-4-13/h2-10H,11,20H2,1H3. The Morgan fingerprint density at radius 3 is 2.52 bits per heavy atom. The minimum Gasteiger partial charge on any atom is -0.399 e. The first-order chi connectivity index (χ1) is 10.1. The number of thiophene rings is 1. The molecule has 3 rings (SSSR count). The van der Waals surface area contributed by atoms with Gasteiger partial charge in [0.25, 0.3) is 0 Å². The number of nitrogens with two attached hydrogens (primary N) is 1. The van der Waals surface area contributed by atoms with E-state index in [0.717, 1.165) is 22.5 Å². The van der Waals surface area contributed by atoms with Crippen LogP contribution >= 0.6 is 11.3 Å². The summed E-state index contributed by atoms with van der Waals surface area (Å²) in [5.74, 6) is -0.203. The summed E-state index contributed by atoms with van der Waals surface area (Å²) in [4.78, 5) is 2.44. The fourth-order valence-electron chi connectivity index (χ4n) is 2.31. The summed E-state index contributed by atoms with van der Waals surface area (Å²) in [5, 5.41) is 0. The normalized spacial score (nSPS) is 10.8. The molecular formula is C18H16FNS. The third-order valence-corrected chi connectivity index (χ3v) is 4.66. The molecule has 0 unspecified atom stereocenters. The lowest BCUT2D eigenvalue weighted by Gasteiger charge is -2.05. The van der Waals surface area contributed by atoms with Gasteiger partial charge in [-0.2, -0.15) is 0 Å². The van der Waals surface area contributed by atoms with Gasteiger partial charge >= 0.3 is 0 Å². The Kier molecular flexibility index (Phi) is 3.76. The van der Waals surface area contributed by atoms with E-state index in [1.807, 2.05) is 24.3 Å². The van der Waals surface area contributed by atoms with Crippen molar-refractivity contribution in [2.45, 2.75) is 13.3 Å². The van der Waals surface area contributed by atoms with E-state index in [1.165, 1.54) is 28.1 Å². The first-order valence-electron chi connectivity index (χ1n) is 6.81. The Morgan fingerprint density at radius 2 is 1.76 bits per heavy atom. The maximum Gasteiger partial charge on any atom is 0.123 e. The molecule has 2 aromatic carbocycles. The summed E-state index contributed by atoms with van der Waals surface area (Å²) in [6.07, 6.45) is 0.878. The Bertz CT molecular complexity index is 759. The van der Waals surface area contributed by atoms with Gasteiger partial charge in [0.1, 0.15) is 5.82 Å². The molecule has 0 bridgehead atoms. The van der Waals surface area contributed by atoms with Crippen LogP contribution < -0.4 is 5.73 Å². The number of rotatable bonds is 3. The van der Waals surface area contributed by atoms with Crippen LogP contribution in [0.2, 0.25) is 0 Å². The molecule has 0 radical (unpaired) electrons. The van der Waals surface area contributed by atoms with Crippen molar-refractivity contribution >= 4 is 17.0 Å². The van der Waals surface area contributed by atoms with Gasteiger partial charge in [-0.3, -0.25) is 0 Å². The molecule has 3 heteroatoms. The molecule has 0 aliphatic rings. The summed E-state index contributed by atoms with van der Waals surface area (Å²) in [6, 6.07) is 16.9. The number of benzene rings is 2. The van der Waals surface area contributed by atoms with Crippen molar-refractivity contribution in [2.75, 3.05) is 5.73 Å². The van der Waals surface area contributed by atoms with E-state index in [0.29, 0.717) is 0 Å². The largest absolute Gasteiger partial charge is 0.399 e. The summed E-state index contributed by atoms with van der Waals surface area (Å²) in [5.41, 5.74) is 10.2. The van der Waals surface area contributed by atoms with Crippen molar-refractivity contribution in [3.05, 3.63) is 76.4 Å². The summed E-state index contributed by atoms with van der Waals surface area (Å²) in [6.45, 7) is 2.10. The molecule has 1 heterocycles. The van der Waals surface area contributed by atoms with Gasteiger partial charge in [-0.1, -0.05) is 18.2 Å². The van der Waals surface area contributed by atoms with Gasteiger partial charge in [-0.05, 0) is 60.0 Å². The van der Waals surface area contributed by atoms with Crippen molar-refractivity contribution < 1.29 is 4.39 Å². The van der Waals surface area contributed by atoms with Gasteiger partial charge in [0, 0.05) is 21.9 Å². The average Bonchev–Trinajstić information content (AvgIpc) is 2.92. The molecule has 106 valence electrons. The monoisotopic (exact) mass is 297 g/mol. The fraction of sp³-hybridized carbons (Fsp3) is 0.111. The van der Waals surface area contributed by atoms with Gasteiger partial charge < -0.3 is 5.73 Å². The van der Waals surface area contributed by atoms with Gasteiger partial charge in [0.2, 0.25) is 0 Å². The molecule has 2 N–H and O–H groups in total. The van der Waals surface area contributed by atoms with E-state index in [9.17, 15) is 4.39 Å². The highest BCUT2D eigenvalue weighted by Gasteiger charge is 2.06. The highest BCUT2D eigenvalue weighted by molar-refractivity contribution is 7.15. The van der Waals surface area contributed by atoms with E-state index in [2.05, 4.69) is 25.1 Å². The van der Waals surface area contributed by atoms with Crippen LogP contribution in [0.1, 0.15) is 16.0 Å². The third-order valence-electron chi connectivity index (χ3n) is 3.53. The van der Waals surface area contributed by atoms with E-state index in [4.69, 9.17) is 5.73 Å². The predicted molar refractivity (Wildman–Crippen MR) is 88.1 cm³/mol. The first-order valence-corrected chi connectivity index (χ1v) is 7.63. The lowest BCUT2D eigenvalue weighted by molar-refractivity contribution is 0.628. The predicted octanol–water partition coefficient (Wildman–Crippen LogP) is 5.04. The molecule has 1 aromatic heterocycles. The quantitative estimate of drug-likeness (QED) is 0.674. The molecule has 0 aliphatic heterocycles. The van der Waals surface area contributed by atoms with Gasteiger partial charge in [0.15, 0.2) is 0 Å². The maximum atomic E-state index is 13.0. The third kappa shape index (κ3) is 3.14. The molecule has 0 saturated heterocycles. The molecule has 0 saturated carbocycles. The molecule has 0 atom stereocenters. The van der Waals surface area contributed by atoms with Gasteiger partial charge in [-0.15, -0.1) is 11.3 Å². The fourth-order valence-corrected chi connectivity index (χ4v) is 3.35. The molecule has 0 aliphatic carbocycles. The van der Waals surface area contributed by atoms with Crippen LogP contribution in [0.25, 0.3) is 10.4 Å². The van der Waals surface area contributed by atoms with Crippen molar-refractivity contribution in [3.8, 4) is 10.4 Å². The highest BCUT2D eigenvalue weighted by atomic mass is 32.1. The Morgan fingerprint density at radius 1 is 1.00 bits per heavy atom. The van der Waals surface area contributed by atoms with Crippen LogP contribution in [-0.2, 0) is 6.42 Å². The van der Waals surface area contributed by atoms with E-state index >= 15 is 0 Å². The highest BCUT2D eigenvalue weighted by Crippen LogP contribution is 2.30. The number of hydrogen-bond acceptors (Lipinski definition) is 2. The topological polar surface area (TPSA) is 26.0 Å². The van der Waals surface area contributed by atoms with Crippen molar-refractivity contribution in [2.24, 2.45) is 0 Å². The lowest BCUT2D eigenvalue weighted by Crippen LogP contribution is -1.92. The van der Waals surface area contributed by atoms with Gasteiger partial charge in [-0.25, -0.2) is 4.39 Å². The SMILES string of the molecule is Cc1ccc(N)cc1Cc1ccc(-c2ccc(F)cc2)s1. The van der Waals surface area contributed by atoms with Crippen molar-refractivity contribution in [3.63, 3.8) is 0 Å². The molecule has 0 fully saturated rings. The zero-order chi connectivity index (χ0) is 14.8. The van der Waals surface area contributed by atoms with Crippen molar-refractivity contribution in [1.82, 2.24) is 0 Å². The molecule has 21 heavy (non-hydrogen) atoms. The van der Waals surface area contributed by atoms with Crippen LogP contribution in [-0.4, -0.2) is 0 Å². The molecule has 0 spiro atoms. The molecular weight excluding hydrogens is 281 g/mol. The van der Waals surface area contributed by atoms with E-state index in [1.54, 1.807) is 11.3 Å². The Balaban J connectivity index is 1.85. The lowest BCUT2D eigenvalue weighted by atomic mass is 10.0. The average molecular weight is 297 g/mol. The zero-order valence-corrected chi connectivity index (χ0v) is 12.6. The Labute approximate surface area is 127 Å². The second kappa shape index (κ2) is 5.70. The van der Waals surface area contributed by atoms with E-state index in [-0.39, 0.29) is 5.82 Å². The number of hydrogen-bond donors (Lipinski definition) is 1. The smallest absolute Gasteiger partial charge is 0.123 e. The summed E-state index contributed by atoms with van der Waals surface area (Å²) >= 11 is 1.74. The molecule has 3 aromatic rings. The maximum absolute atomic E-state index is 13.0. The number of halogens is 1. The minimum absolute atomic E-state index is 0.203. The second-order valence-electron chi connectivity index (χ2n) is 5.14. The van der Waals surface area contributed by atoms with E-state index < -0.39 is 0 Å². The van der Waals surface area contributed by atoms with Crippen LogP contribution in [0.15, 0.2) is 54.6 Å². The van der Waals surface area contributed by atoms with Crippen LogP contribution in [0, 0.1) is 12.7 Å². The van der Waals surface area contributed by atoms with Crippen LogP contribution in [0.5, 0.6) is 0 Å². The zero-order valence-electron chi connectivity index (χ0n) is 11.8. The van der Waals surface area contributed by atoms with Crippen LogP contribution in [0.4, 0.5) is 10.1 Å². The summed E-state index contributed by atoms with van der Waals surface area (Å²) in [7, 11) is 0. The minimum atomic E-state index is -0.203. The molecule has 0 amide bonds.